The van der Waals surface area contributed by atoms with Gasteiger partial charge in [0.25, 0.3) is 5.91 Å². The third-order valence-corrected chi connectivity index (χ3v) is 3.80. The molecule has 0 bridgehead atoms. The predicted octanol–water partition coefficient (Wildman–Crippen LogP) is 3.23. The van der Waals surface area contributed by atoms with Gasteiger partial charge in [-0.3, -0.25) is 4.79 Å². The van der Waals surface area contributed by atoms with Crippen LogP contribution >= 0.6 is 0 Å². The number of aryl methyl sites for hydroxylation is 2. The number of nitrogens with zero attached hydrogens (tertiary/aromatic N) is 2. The number of para-hydroxylation sites is 2. The van der Waals surface area contributed by atoms with Crippen LogP contribution in [0.25, 0.3) is 5.69 Å². The molecule has 0 fully saturated rings. The van der Waals surface area contributed by atoms with Crippen molar-refractivity contribution in [2.75, 3.05) is 10.6 Å². The monoisotopic (exact) mass is 349 g/mol. The summed E-state index contributed by atoms with van der Waals surface area (Å²) in [4.78, 5) is 23.4. The summed E-state index contributed by atoms with van der Waals surface area (Å²) in [5.41, 5.74) is 9.39. The lowest BCUT2D eigenvalue weighted by Gasteiger charge is -2.12. The van der Waals surface area contributed by atoms with Crippen molar-refractivity contribution in [3.8, 4) is 5.69 Å². The second-order valence-corrected chi connectivity index (χ2v) is 5.88. The number of anilines is 2. The Hall–Kier alpha value is -3.61. The molecule has 0 aliphatic carbocycles. The van der Waals surface area contributed by atoms with Gasteiger partial charge in [0.15, 0.2) is 0 Å². The van der Waals surface area contributed by atoms with Gasteiger partial charge in [-0.15, -0.1) is 0 Å². The SMILES string of the molecule is Cc1cc(C)n(-c2ccccc2NC(=O)c2ccc(NC(N)=O)cc2)n1. The van der Waals surface area contributed by atoms with E-state index in [2.05, 4.69) is 15.7 Å². The zero-order chi connectivity index (χ0) is 18.7. The van der Waals surface area contributed by atoms with Crippen molar-refractivity contribution in [2.24, 2.45) is 5.73 Å². The average molecular weight is 349 g/mol. The van der Waals surface area contributed by atoms with Crippen molar-refractivity contribution in [3.63, 3.8) is 0 Å². The molecule has 7 heteroatoms. The zero-order valence-electron chi connectivity index (χ0n) is 14.5. The lowest BCUT2D eigenvalue weighted by molar-refractivity contribution is 0.102. The fourth-order valence-electron chi connectivity index (χ4n) is 2.68. The summed E-state index contributed by atoms with van der Waals surface area (Å²) in [6.07, 6.45) is 0. The Labute approximate surface area is 150 Å². The van der Waals surface area contributed by atoms with Gasteiger partial charge in [-0.1, -0.05) is 12.1 Å². The first-order chi connectivity index (χ1) is 12.4. The van der Waals surface area contributed by atoms with Gasteiger partial charge in [0.1, 0.15) is 0 Å². The Bertz CT molecular complexity index is 960. The molecule has 132 valence electrons. The molecule has 0 saturated carbocycles. The standard InChI is InChI=1S/C19H19N5O2/c1-12-11-13(2)24(23-12)17-6-4-3-5-16(17)22-18(25)14-7-9-15(10-8-14)21-19(20)26/h3-11H,1-2H3,(H,22,25)(H3,20,21,26). The maximum absolute atomic E-state index is 12.6. The van der Waals surface area contributed by atoms with Crippen LogP contribution in [0.3, 0.4) is 0 Å². The molecular weight excluding hydrogens is 330 g/mol. The lowest BCUT2D eigenvalue weighted by atomic mass is 10.2. The van der Waals surface area contributed by atoms with E-state index in [1.165, 1.54) is 0 Å². The highest BCUT2D eigenvalue weighted by molar-refractivity contribution is 6.05. The smallest absolute Gasteiger partial charge is 0.316 e. The van der Waals surface area contributed by atoms with Crippen LogP contribution in [0.4, 0.5) is 16.2 Å². The highest BCUT2D eigenvalue weighted by atomic mass is 16.2. The summed E-state index contributed by atoms with van der Waals surface area (Å²) < 4.78 is 1.80. The van der Waals surface area contributed by atoms with Crippen molar-refractivity contribution >= 4 is 23.3 Å². The highest BCUT2D eigenvalue weighted by Crippen LogP contribution is 2.22. The summed E-state index contributed by atoms with van der Waals surface area (Å²) in [6.45, 7) is 3.88. The van der Waals surface area contributed by atoms with Crippen molar-refractivity contribution in [1.29, 1.82) is 0 Å². The second kappa shape index (κ2) is 7.10. The molecule has 7 nitrogen and oxygen atoms in total. The van der Waals surface area contributed by atoms with Crippen LogP contribution in [0.1, 0.15) is 21.7 Å². The number of carbonyl (C=O) groups excluding carboxylic acids is 2. The first-order valence-electron chi connectivity index (χ1n) is 8.04. The van der Waals surface area contributed by atoms with Gasteiger partial charge in [-0.05, 0) is 56.3 Å². The molecule has 1 aromatic heterocycles. The number of aromatic nitrogens is 2. The van der Waals surface area contributed by atoms with Crippen LogP contribution in [0, 0.1) is 13.8 Å². The number of primary amides is 1. The first-order valence-corrected chi connectivity index (χ1v) is 8.04. The van der Waals surface area contributed by atoms with Crippen LogP contribution in [0.5, 0.6) is 0 Å². The fourth-order valence-corrected chi connectivity index (χ4v) is 2.68. The minimum Gasteiger partial charge on any atom is -0.351 e. The van der Waals surface area contributed by atoms with Gasteiger partial charge < -0.3 is 16.4 Å². The van der Waals surface area contributed by atoms with E-state index in [0.29, 0.717) is 16.9 Å². The number of rotatable bonds is 4. The van der Waals surface area contributed by atoms with Crippen LogP contribution in [-0.4, -0.2) is 21.7 Å². The van der Waals surface area contributed by atoms with Gasteiger partial charge in [0, 0.05) is 16.9 Å². The fraction of sp³-hybridized carbons (Fsp3) is 0.105. The van der Waals surface area contributed by atoms with Crippen molar-refractivity contribution in [1.82, 2.24) is 9.78 Å². The van der Waals surface area contributed by atoms with Crippen molar-refractivity contribution < 1.29 is 9.59 Å². The number of carbonyl (C=O) groups is 2. The molecule has 0 saturated heterocycles. The Morgan fingerprint density at radius 1 is 1.00 bits per heavy atom. The average Bonchev–Trinajstić information content (AvgIpc) is 2.93. The van der Waals surface area contributed by atoms with E-state index in [-0.39, 0.29) is 5.91 Å². The molecule has 1 heterocycles. The number of hydrogen-bond donors (Lipinski definition) is 3. The third kappa shape index (κ3) is 3.72. The normalized spacial score (nSPS) is 10.4. The second-order valence-electron chi connectivity index (χ2n) is 5.88. The number of nitrogens with one attached hydrogen (secondary N) is 2. The van der Waals surface area contributed by atoms with E-state index >= 15 is 0 Å². The van der Waals surface area contributed by atoms with Gasteiger partial charge in [-0.25, -0.2) is 9.48 Å². The van der Waals surface area contributed by atoms with E-state index in [4.69, 9.17) is 5.73 Å². The molecule has 2 aromatic carbocycles. The summed E-state index contributed by atoms with van der Waals surface area (Å²) >= 11 is 0. The van der Waals surface area contributed by atoms with Gasteiger partial charge in [-0.2, -0.15) is 5.10 Å². The zero-order valence-corrected chi connectivity index (χ0v) is 14.5. The molecule has 3 amide bonds. The van der Waals surface area contributed by atoms with E-state index in [1.807, 2.05) is 44.2 Å². The van der Waals surface area contributed by atoms with Crippen molar-refractivity contribution in [2.45, 2.75) is 13.8 Å². The third-order valence-electron chi connectivity index (χ3n) is 3.80. The van der Waals surface area contributed by atoms with E-state index < -0.39 is 6.03 Å². The van der Waals surface area contributed by atoms with Gasteiger partial charge >= 0.3 is 6.03 Å². The molecule has 3 rings (SSSR count). The van der Waals surface area contributed by atoms with Crippen molar-refractivity contribution in [3.05, 3.63) is 71.5 Å². The minimum absolute atomic E-state index is 0.260. The molecule has 0 spiro atoms. The van der Waals surface area contributed by atoms with Crippen LogP contribution < -0.4 is 16.4 Å². The van der Waals surface area contributed by atoms with E-state index in [0.717, 1.165) is 17.1 Å². The Morgan fingerprint density at radius 3 is 2.31 bits per heavy atom. The number of urea groups is 1. The molecule has 0 aliphatic rings. The van der Waals surface area contributed by atoms with Crippen LogP contribution in [0.15, 0.2) is 54.6 Å². The molecular formula is C19H19N5O2. The summed E-state index contributed by atoms with van der Waals surface area (Å²) in [7, 11) is 0. The summed E-state index contributed by atoms with van der Waals surface area (Å²) in [5.74, 6) is -0.260. The summed E-state index contributed by atoms with van der Waals surface area (Å²) in [6, 6.07) is 15.3. The minimum atomic E-state index is -0.652. The highest BCUT2D eigenvalue weighted by Gasteiger charge is 2.12. The number of benzene rings is 2. The molecule has 0 unspecified atom stereocenters. The molecule has 0 atom stereocenters. The number of amides is 3. The van der Waals surface area contributed by atoms with Gasteiger partial charge in [0.05, 0.1) is 17.1 Å². The van der Waals surface area contributed by atoms with E-state index in [9.17, 15) is 9.59 Å². The van der Waals surface area contributed by atoms with Gasteiger partial charge in [0.2, 0.25) is 0 Å². The predicted molar refractivity (Wildman–Crippen MR) is 101 cm³/mol. The maximum Gasteiger partial charge on any atom is 0.316 e. The Balaban J connectivity index is 1.84. The first kappa shape index (κ1) is 17.2. The molecule has 3 aromatic rings. The molecule has 0 aliphatic heterocycles. The molecule has 26 heavy (non-hydrogen) atoms. The summed E-state index contributed by atoms with van der Waals surface area (Å²) in [5, 5.41) is 9.84. The van der Waals surface area contributed by atoms with Crippen LogP contribution in [0.2, 0.25) is 0 Å². The number of nitrogens with two attached hydrogens (primary N) is 1. The lowest BCUT2D eigenvalue weighted by Crippen LogP contribution is -2.19. The maximum atomic E-state index is 12.6. The Morgan fingerprint density at radius 2 is 1.69 bits per heavy atom. The number of hydrogen-bond acceptors (Lipinski definition) is 3. The Kier molecular flexibility index (Phi) is 4.70. The molecule has 0 radical (unpaired) electrons. The topological polar surface area (TPSA) is 102 Å². The van der Waals surface area contributed by atoms with Crippen LogP contribution in [-0.2, 0) is 0 Å². The largest absolute Gasteiger partial charge is 0.351 e. The molecule has 4 N–H and O–H groups in total. The quantitative estimate of drug-likeness (QED) is 0.674. The van der Waals surface area contributed by atoms with E-state index in [1.54, 1.807) is 28.9 Å².